The molecular weight excluding hydrogens is 635 g/mol. The monoisotopic (exact) mass is 667 g/mol. The van der Waals surface area contributed by atoms with E-state index in [-0.39, 0.29) is 67.0 Å². The number of para-hydroxylation sites is 1. The summed E-state index contributed by atoms with van der Waals surface area (Å²) in [6, 6.07) is 14.0. The molecule has 0 aliphatic carbocycles. The molecule has 2 atom stereocenters. The molecule has 2 aliphatic heterocycles. The Morgan fingerprint density at radius 1 is 1.07 bits per heavy atom. The van der Waals surface area contributed by atoms with Crippen molar-refractivity contribution in [1.82, 2.24) is 15.2 Å². The van der Waals surface area contributed by atoms with Crippen molar-refractivity contribution in [2.45, 2.75) is 25.8 Å². The fourth-order valence-electron chi connectivity index (χ4n) is 5.35. The lowest BCUT2D eigenvalue weighted by atomic mass is 9.94. The molecule has 0 amide bonds. The number of aliphatic imine (C=N–C) groups is 1. The normalized spacial score (nSPS) is 18.7. The molecule has 3 aromatic rings. The molecule has 5 rings (SSSR count). The third-order valence-electron chi connectivity index (χ3n) is 7.54. The summed E-state index contributed by atoms with van der Waals surface area (Å²) in [5.41, 5.74) is 1.53. The number of nitro benzene ring substituents is 1. The molecule has 242 valence electrons. The summed E-state index contributed by atoms with van der Waals surface area (Å²) in [6.07, 6.45) is 0. The van der Waals surface area contributed by atoms with Crippen LogP contribution >= 0.6 is 11.3 Å². The van der Waals surface area contributed by atoms with E-state index in [1.165, 1.54) is 23.5 Å². The van der Waals surface area contributed by atoms with Gasteiger partial charge in [0.2, 0.25) is 0 Å². The van der Waals surface area contributed by atoms with E-state index >= 15 is 0 Å². The van der Waals surface area contributed by atoms with Gasteiger partial charge in [-0.15, -0.1) is 11.3 Å². The number of amidine groups is 1. The van der Waals surface area contributed by atoms with Gasteiger partial charge in [-0.05, 0) is 25.5 Å². The predicted molar refractivity (Wildman–Crippen MR) is 171 cm³/mol. The number of hydrogen-bond donors (Lipinski definition) is 1. The molecule has 15 heteroatoms. The van der Waals surface area contributed by atoms with E-state index in [0.717, 1.165) is 0 Å². The van der Waals surface area contributed by atoms with Crippen molar-refractivity contribution in [2.75, 3.05) is 44.4 Å². The molecule has 1 N–H and O–H groups in total. The molecule has 0 saturated carbocycles. The average molecular weight is 668 g/mol. The van der Waals surface area contributed by atoms with Gasteiger partial charge in [-0.1, -0.05) is 42.5 Å². The smallest absolute Gasteiger partial charge is 0.338 e. The third-order valence-corrected chi connectivity index (χ3v) is 10.0. The van der Waals surface area contributed by atoms with E-state index in [1.807, 2.05) is 35.2 Å². The van der Waals surface area contributed by atoms with Crippen LogP contribution in [-0.4, -0.2) is 85.4 Å². The van der Waals surface area contributed by atoms with Crippen molar-refractivity contribution in [3.8, 4) is 0 Å². The Kier molecular flexibility index (Phi) is 10.2. The number of nitrogens with zero attached hydrogens (tertiary/aromatic N) is 4. The largest absolute Gasteiger partial charge is 0.465 e. The number of nitro groups is 1. The van der Waals surface area contributed by atoms with Gasteiger partial charge in [0.25, 0.3) is 5.69 Å². The molecule has 46 heavy (non-hydrogen) atoms. The minimum Gasteiger partial charge on any atom is -0.465 e. The highest BCUT2D eigenvalue weighted by Gasteiger charge is 2.38. The van der Waals surface area contributed by atoms with Crippen LogP contribution < -0.4 is 5.32 Å². The molecule has 3 heterocycles. The number of nitrogens with one attached hydrogen (secondary N) is 1. The Hall–Kier alpha value is -4.47. The van der Waals surface area contributed by atoms with E-state index in [0.29, 0.717) is 22.0 Å². The molecule has 1 fully saturated rings. The second-order valence-electron chi connectivity index (χ2n) is 10.5. The first kappa shape index (κ1) is 32.9. The highest BCUT2D eigenvalue weighted by molar-refractivity contribution is 7.91. The number of aromatic nitrogens is 1. The zero-order chi connectivity index (χ0) is 32.8. The maximum Gasteiger partial charge on any atom is 0.338 e. The molecule has 1 aromatic heterocycles. The van der Waals surface area contributed by atoms with Gasteiger partial charge >= 0.3 is 11.9 Å². The van der Waals surface area contributed by atoms with E-state index in [1.54, 1.807) is 31.4 Å². The van der Waals surface area contributed by atoms with E-state index < -0.39 is 38.7 Å². The minimum atomic E-state index is -3.17. The number of benzene rings is 2. The van der Waals surface area contributed by atoms with Crippen molar-refractivity contribution < 1.29 is 32.4 Å². The van der Waals surface area contributed by atoms with Crippen LogP contribution in [0, 0.1) is 10.1 Å². The lowest BCUT2D eigenvalue weighted by Crippen LogP contribution is -2.45. The highest BCUT2D eigenvalue weighted by atomic mass is 32.2. The van der Waals surface area contributed by atoms with E-state index in [9.17, 15) is 28.1 Å². The fraction of sp³-hybridized carbons (Fsp3) is 0.355. The zero-order valence-electron chi connectivity index (χ0n) is 25.2. The van der Waals surface area contributed by atoms with Crippen molar-refractivity contribution in [3.63, 3.8) is 0 Å². The van der Waals surface area contributed by atoms with E-state index in [2.05, 4.69) is 5.32 Å². The van der Waals surface area contributed by atoms with Crippen LogP contribution in [0.1, 0.15) is 47.6 Å². The van der Waals surface area contributed by atoms with Gasteiger partial charge in [-0.2, -0.15) is 0 Å². The van der Waals surface area contributed by atoms with Crippen molar-refractivity contribution >= 4 is 44.6 Å². The number of carbonyl (C=O) groups is 2. The topological polar surface area (TPSA) is 170 Å². The molecule has 2 unspecified atom stereocenters. The van der Waals surface area contributed by atoms with Gasteiger partial charge in [0.15, 0.2) is 20.7 Å². The molecule has 0 radical (unpaired) electrons. The van der Waals surface area contributed by atoms with Crippen LogP contribution in [0.5, 0.6) is 0 Å². The number of sulfone groups is 1. The Morgan fingerprint density at radius 3 is 2.41 bits per heavy atom. The molecule has 0 spiro atoms. The second kappa shape index (κ2) is 14.3. The van der Waals surface area contributed by atoms with Gasteiger partial charge in [0.1, 0.15) is 12.0 Å². The summed E-state index contributed by atoms with van der Waals surface area (Å²) in [4.78, 5) is 49.6. The van der Waals surface area contributed by atoms with Crippen LogP contribution in [0.15, 0.2) is 76.2 Å². The molecule has 2 aromatic carbocycles. The van der Waals surface area contributed by atoms with Crippen molar-refractivity contribution in [3.05, 3.63) is 103 Å². The maximum atomic E-state index is 13.5. The lowest BCUT2D eigenvalue weighted by Gasteiger charge is -2.32. The summed E-state index contributed by atoms with van der Waals surface area (Å²) in [5, 5.41) is 17.4. The molecule has 13 nitrogen and oxygen atoms in total. The number of esters is 2. The Morgan fingerprint density at radius 2 is 1.74 bits per heavy atom. The Labute approximate surface area is 270 Å². The zero-order valence-corrected chi connectivity index (χ0v) is 26.9. The average Bonchev–Trinajstić information content (AvgIpc) is 3.52. The Bertz CT molecular complexity index is 1770. The summed E-state index contributed by atoms with van der Waals surface area (Å²) in [5.74, 6) is -1.80. The van der Waals surface area contributed by atoms with Crippen LogP contribution in [0.4, 0.5) is 5.69 Å². The first-order valence-electron chi connectivity index (χ1n) is 14.7. The van der Waals surface area contributed by atoms with Crippen molar-refractivity contribution in [2.24, 2.45) is 4.99 Å². The number of rotatable bonds is 11. The van der Waals surface area contributed by atoms with Crippen LogP contribution in [0.25, 0.3) is 0 Å². The Balaban J connectivity index is 1.61. The van der Waals surface area contributed by atoms with Crippen LogP contribution in [0.3, 0.4) is 0 Å². The lowest BCUT2D eigenvalue weighted by molar-refractivity contribution is -0.385. The maximum absolute atomic E-state index is 13.5. The second-order valence-corrected chi connectivity index (χ2v) is 13.7. The SMILES string of the molecule is CCOC(=O)C1=C(CN2CCS(=O)(=O)CC2)NC(c2nc(C(C(=O)OCC)c3ccccc3)cs2)=NC1c1ccccc1[N+](=O)[O-]. The number of hydrogen-bond acceptors (Lipinski definition) is 13. The van der Waals surface area contributed by atoms with Gasteiger partial charge in [-0.25, -0.2) is 18.2 Å². The fourth-order valence-corrected chi connectivity index (χ4v) is 7.42. The number of ether oxygens (including phenoxy) is 2. The first-order valence-corrected chi connectivity index (χ1v) is 17.4. The summed E-state index contributed by atoms with van der Waals surface area (Å²) in [6.45, 7) is 4.24. The van der Waals surface area contributed by atoms with E-state index in [4.69, 9.17) is 19.5 Å². The molecule has 0 bridgehead atoms. The van der Waals surface area contributed by atoms with Gasteiger partial charge < -0.3 is 14.8 Å². The van der Waals surface area contributed by atoms with Crippen LogP contribution in [0.2, 0.25) is 0 Å². The number of thiazole rings is 1. The van der Waals surface area contributed by atoms with Crippen LogP contribution in [-0.2, 0) is 28.9 Å². The summed E-state index contributed by atoms with van der Waals surface area (Å²) < 4.78 is 35.0. The van der Waals surface area contributed by atoms with Gasteiger partial charge in [-0.3, -0.25) is 24.8 Å². The standard InChI is InChI=1S/C31H33N5O8S2/c1-3-43-30(37)25(20-10-6-5-7-11-20)23-19-45-29(33-23)28-32-22(18-35-14-16-46(41,42)17-15-35)26(31(38)44-4-2)27(34-28)21-12-8-9-13-24(21)36(39)40/h5-13,19,25,27H,3-4,14-18H2,1-2H3,(H,32,34). The molecule has 2 aliphatic rings. The molecular formula is C31H33N5O8S2. The predicted octanol–water partition coefficient (Wildman–Crippen LogP) is 3.39. The minimum absolute atomic E-state index is 0.0336. The third kappa shape index (κ3) is 7.32. The van der Waals surface area contributed by atoms with Gasteiger partial charge in [0.05, 0.1) is 46.5 Å². The van der Waals surface area contributed by atoms with Gasteiger partial charge in [0, 0.05) is 36.8 Å². The summed E-state index contributed by atoms with van der Waals surface area (Å²) >= 11 is 1.21. The quantitative estimate of drug-likeness (QED) is 0.181. The first-order chi connectivity index (χ1) is 22.1. The molecule has 1 saturated heterocycles. The number of carbonyl (C=O) groups excluding carboxylic acids is 2. The highest BCUT2D eigenvalue weighted by Crippen LogP contribution is 2.38. The van der Waals surface area contributed by atoms with Crippen molar-refractivity contribution in [1.29, 1.82) is 0 Å². The summed E-state index contributed by atoms with van der Waals surface area (Å²) in [7, 11) is -3.17.